The molecule has 25 heavy (non-hydrogen) atoms. The molecule has 0 aliphatic heterocycles. The lowest BCUT2D eigenvalue weighted by atomic mass is 9.85. The number of esters is 2. The van der Waals surface area contributed by atoms with E-state index in [1.54, 1.807) is 12.1 Å². The minimum Gasteiger partial charge on any atom is -0.469 e. The van der Waals surface area contributed by atoms with Gasteiger partial charge in [0.2, 0.25) is 0 Å². The molecule has 138 valence electrons. The molecule has 1 aliphatic rings. The third-order valence-corrected chi connectivity index (χ3v) is 5.44. The summed E-state index contributed by atoms with van der Waals surface area (Å²) in [4.78, 5) is 23.1. The highest BCUT2D eigenvalue weighted by Crippen LogP contribution is 2.31. The standard InChI is InChI=1S/C17H22O7S/c1-11-4-6-16(7-5-11)25(20,21)24-15-9-13(17(19)22-3)8-14(10-15)23-12(2)18/h4-7,13-15H,8-10H2,1-3H3/t13-,14+,15-/m1/s1. The highest BCUT2D eigenvalue weighted by molar-refractivity contribution is 7.86. The van der Waals surface area contributed by atoms with Crippen LogP contribution in [0.25, 0.3) is 0 Å². The summed E-state index contributed by atoms with van der Waals surface area (Å²) in [6.07, 6.45) is -0.674. The van der Waals surface area contributed by atoms with Crippen LogP contribution >= 0.6 is 0 Å². The molecule has 2 rings (SSSR count). The third kappa shape index (κ3) is 5.27. The lowest BCUT2D eigenvalue weighted by Gasteiger charge is -2.32. The van der Waals surface area contributed by atoms with E-state index in [4.69, 9.17) is 13.7 Å². The summed E-state index contributed by atoms with van der Waals surface area (Å²) in [5.74, 6) is -1.55. The Labute approximate surface area is 147 Å². The first kappa shape index (κ1) is 19.4. The molecule has 0 amide bonds. The van der Waals surface area contributed by atoms with E-state index in [0.717, 1.165) is 5.56 Å². The van der Waals surface area contributed by atoms with Crippen LogP contribution in [0.15, 0.2) is 29.2 Å². The minimum atomic E-state index is -3.98. The lowest BCUT2D eigenvalue weighted by molar-refractivity contribution is -0.158. The molecule has 3 atom stereocenters. The van der Waals surface area contributed by atoms with Crippen LogP contribution in [0.4, 0.5) is 0 Å². The maximum Gasteiger partial charge on any atom is 0.308 e. The van der Waals surface area contributed by atoms with Crippen LogP contribution in [0.1, 0.15) is 31.7 Å². The van der Waals surface area contributed by atoms with E-state index in [1.165, 1.54) is 26.2 Å². The Morgan fingerprint density at radius 2 is 1.64 bits per heavy atom. The van der Waals surface area contributed by atoms with Gasteiger partial charge in [0.1, 0.15) is 6.10 Å². The lowest BCUT2D eigenvalue weighted by Crippen LogP contribution is -2.38. The molecule has 1 saturated carbocycles. The first-order valence-electron chi connectivity index (χ1n) is 7.96. The summed E-state index contributed by atoms with van der Waals surface area (Å²) < 4.78 is 40.1. The number of hydrogen-bond acceptors (Lipinski definition) is 7. The second-order valence-electron chi connectivity index (χ2n) is 6.14. The molecular weight excluding hydrogens is 348 g/mol. The second-order valence-corrected chi connectivity index (χ2v) is 7.72. The van der Waals surface area contributed by atoms with Crippen LogP contribution in [-0.4, -0.2) is 39.7 Å². The first-order valence-corrected chi connectivity index (χ1v) is 9.37. The zero-order chi connectivity index (χ0) is 18.6. The van der Waals surface area contributed by atoms with E-state index in [0.29, 0.717) is 0 Å². The number of carbonyl (C=O) groups excluding carboxylic acids is 2. The zero-order valence-electron chi connectivity index (χ0n) is 14.4. The molecule has 0 heterocycles. The fourth-order valence-corrected chi connectivity index (χ4v) is 4.02. The van der Waals surface area contributed by atoms with Gasteiger partial charge in [-0.05, 0) is 31.9 Å². The van der Waals surface area contributed by atoms with E-state index in [1.807, 2.05) is 6.92 Å². The second kappa shape index (κ2) is 7.97. The van der Waals surface area contributed by atoms with E-state index in [9.17, 15) is 18.0 Å². The van der Waals surface area contributed by atoms with Crippen molar-refractivity contribution in [2.24, 2.45) is 5.92 Å². The maximum absolute atomic E-state index is 12.4. The molecule has 0 radical (unpaired) electrons. The number of ether oxygens (including phenoxy) is 2. The van der Waals surface area contributed by atoms with E-state index < -0.39 is 40.2 Å². The van der Waals surface area contributed by atoms with Crippen LogP contribution in [0.2, 0.25) is 0 Å². The number of methoxy groups -OCH3 is 1. The topological polar surface area (TPSA) is 96.0 Å². The fourth-order valence-electron chi connectivity index (χ4n) is 2.92. The molecule has 7 nitrogen and oxygen atoms in total. The highest BCUT2D eigenvalue weighted by Gasteiger charge is 2.38. The van der Waals surface area contributed by atoms with Crippen molar-refractivity contribution >= 4 is 22.1 Å². The number of aryl methyl sites for hydroxylation is 1. The Balaban J connectivity index is 2.16. The Hall–Kier alpha value is -1.93. The molecule has 0 spiro atoms. The molecule has 1 aromatic rings. The summed E-state index contributed by atoms with van der Waals surface area (Å²) >= 11 is 0. The van der Waals surface area contributed by atoms with Crippen LogP contribution in [0.3, 0.4) is 0 Å². The van der Waals surface area contributed by atoms with Crippen molar-refractivity contribution in [2.45, 2.75) is 50.2 Å². The monoisotopic (exact) mass is 370 g/mol. The predicted molar refractivity (Wildman–Crippen MR) is 88.1 cm³/mol. The van der Waals surface area contributed by atoms with Crippen molar-refractivity contribution in [2.75, 3.05) is 7.11 Å². The van der Waals surface area contributed by atoms with Gasteiger partial charge in [0.15, 0.2) is 0 Å². The van der Waals surface area contributed by atoms with Gasteiger partial charge >= 0.3 is 11.9 Å². The van der Waals surface area contributed by atoms with Crippen LogP contribution in [0.5, 0.6) is 0 Å². The van der Waals surface area contributed by atoms with Gasteiger partial charge in [-0.2, -0.15) is 8.42 Å². The molecule has 1 aliphatic carbocycles. The van der Waals surface area contributed by atoms with Crippen LogP contribution in [0, 0.1) is 12.8 Å². The molecule has 1 fully saturated rings. The average Bonchev–Trinajstić information content (AvgIpc) is 2.53. The first-order chi connectivity index (χ1) is 11.7. The minimum absolute atomic E-state index is 0.0438. The van der Waals surface area contributed by atoms with E-state index >= 15 is 0 Å². The molecule has 8 heteroatoms. The Morgan fingerprint density at radius 1 is 1.04 bits per heavy atom. The molecule has 0 saturated heterocycles. The normalized spacial score (nSPS) is 23.7. The molecule has 0 unspecified atom stereocenters. The summed E-state index contributed by atoms with van der Waals surface area (Å²) in [5, 5.41) is 0. The predicted octanol–water partition coefficient (Wildman–Crippen LogP) is 1.97. The van der Waals surface area contributed by atoms with Gasteiger partial charge in [-0.1, -0.05) is 17.7 Å². The van der Waals surface area contributed by atoms with Crippen molar-refractivity contribution in [3.8, 4) is 0 Å². The largest absolute Gasteiger partial charge is 0.469 e. The van der Waals surface area contributed by atoms with Crippen molar-refractivity contribution in [3.05, 3.63) is 29.8 Å². The molecular formula is C17H22O7S. The average molecular weight is 370 g/mol. The van der Waals surface area contributed by atoms with Gasteiger partial charge < -0.3 is 9.47 Å². The Bertz CT molecular complexity index is 724. The zero-order valence-corrected chi connectivity index (χ0v) is 15.2. The van der Waals surface area contributed by atoms with Gasteiger partial charge in [0, 0.05) is 13.3 Å². The molecule has 1 aromatic carbocycles. The van der Waals surface area contributed by atoms with Crippen molar-refractivity contribution in [1.82, 2.24) is 0 Å². The van der Waals surface area contributed by atoms with E-state index in [2.05, 4.69) is 0 Å². The van der Waals surface area contributed by atoms with Gasteiger partial charge in [0.05, 0.1) is 24.0 Å². The van der Waals surface area contributed by atoms with Gasteiger partial charge in [-0.3, -0.25) is 13.8 Å². The summed E-state index contributed by atoms with van der Waals surface area (Å²) in [5.41, 5.74) is 0.928. The van der Waals surface area contributed by atoms with Crippen molar-refractivity contribution < 1.29 is 31.7 Å². The molecule has 0 bridgehead atoms. The van der Waals surface area contributed by atoms with Crippen LogP contribution < -0.4 is 0 Å². The SMILES string of the molecule is COC(=O)[C@@H]1C[C@H](OC(C)=O)C[C@H](OS(=O)(=O)c2ccc(C)cc2)C1. The number of hydrogen-bond donors (Lipinski definition) is 0. The summed E-state index contributed by atoms with van der Waals surface area (Å²) in [7, 11) is -2.72. The Morgan fingerprint density at radius 3 is 2.20 bits per heavy atom. The summed E-state index contributed by atoms with van der Waals surface area (Å²) in [6.45, 7) is 3.11. The molecule has 0 aromatic heterocycles. The smallest absolute Gasteiger partial charge is 0.308 e. The number of benzene rings is 1. The van der Waals surface area contributed by atoms with Crippen molar-refractivity contribution in [1.29, 1.82) is 0 Å². The maximum atomic E-state index is 12.4. The summed E-state index contributed by atoms with van der Waals surface area (Å²) in [6, 6.07) is 6.29. The number of rotatable bonds is 5. The Kier molecular flexibility index (Phi) is 6.18. The third-order valence-electron chi connectivity index (χ3n) is 4.06. The highest BCUT2D eigenvalue weighted by atomic mass is 32.2. The number of carbonyl (C=O) groups is 2. The van der Waals surface area contributed by atoms with Gasteiger partial charge in [0.25, 0.3) is 10.1 Å². The fraction of sp³-hybridized carbons (Fsp3) is 0.529. The van der Waals surface area contributed by atoms with Crippen molar-refractivity contribution in [3.63, 3.8) is 0 Å². The van der Waals surface area contributed by atoms with E-state index in [-0.39, 0.29) is 24.2 Å². The molecule has 0 N–H and O–H groups in total. The van der Waals surface area contributed by atoms with Crippen LogP contribution in [-0.2, 0) is 33.4 Å². The quantitative estimate of drug-likeness (QED) is 0.577. The van der Waals surface area contributed by atoms with Gasteiger partial charge in [-0.25, -0.2) is 0 Å². The van der Waals surface area contributed by atoms with Gasteiger partial charge in [-0.15, -0.1) is 0 Å².